The number of aryl methyl sites for hydroxylation is 1. The fourth-order valence-electron chi connectivity index (χ4n) is 2.83. The molecular formula is C22H27N5O4S2. The normalized spacial score (nSPS) is 13.6. The molecule has 9 nitrogen and oxygen atoms in total. The van der Waals surface area contributed by atoms with Gasteiger partial charge in [-0.2, -0.15) is 4.98 Å². The van der Waals surface area contributed by atoms with E-state index >= 15 is 0 Å². The summed E-state index contributed by atoms with van der Waals surface area (Å²) >= 11 is 1.60. The van der Waals surface area contributed by atoms with Gasteiger partial charge in [0.05, 0.1) is 28.5 Å². The lowest BCUT2D eigenvalue weighted by Gasteiger charge is -2.16. The van der Waals surface area contributed by atoms with E-state index in [1.165, 1.54) is 0 Å². The smallest absolute Gasteiger partial charge is 0.418 e. The lowest BCUT2D eigenvalue weighted by atomic mass is 10.2. The lowest BCUT2D eigenvalue weighted by molar-refractivity contribution is 0.159. The van der Waals surface area contributed by atoms with Gasteiger partial charge in [-0.3, -0.25) is 0 Å². The van der Waals surface area contributed by atoms with Crippen molar-refractivity contribution in [2.24, 2.45) is 0 Å². The molecule has 0 aliphatic heterocycles. The highest BCUT2D eigenvalue weighted by atomic mass is 32.2. The molecule has 4 N–H and O–H groups in total. The third-order valence-electron chi connectivity index (χ3n) is 4.46. The number of carbonyl (C=O) groups excluding carboxylic acids is 1. The first-order chi connectivity index (χ1) is 15.7. The van der Waals surface area contributed by atoms with Gasteiger partial charge in [-0.25, -0.2) is 18.7 Å². The van der Waals surface area contributed by atoms with Crippen molar-refractivity contribution in [2.45, 2.75) is 31.7 Å². The van der Waals surface area contributed by atoms with Crippen molar-refractivity contribution in [2.75, 3.05) is 23.8 Å². The number of carbonyl (C=O) groups is 1. The molecule has 0 radical (unpaired) electrons. The predicted octanol–water partition coefficient (Wildman–Crippen LogP) is 3.79. The third kappa shape index (κ3) is 6.44. The maximum atomic E-state index is 12.7. The molecular weight excluding hydrogens is 462 g/mol. The molecule has 1 aromatic carbocycles. The van der Waals surface area contributed by atoms with Crippen molar-refractivity contribution in [3.05, 3.63) is 47.5 Å². The Morgan fingerprint density at radius 2 is 2.06 bits per heavy atom. The molecule has 3 rings (SSSR count). The average molecular weight is 490 g/mol. The highest BCUT2D eigenvalue weighted by Crippen LogP contribution is 2.32. The van der Waals surface area contributed by atoms with E-state index in [0.717, 1.165) is 16.0 Å². The summed E-state index contributed by atoms with van der Waals surface area (Å²) in [6.45, 7) is 5.67. The second-order valence-corrected chi connectivity index (χ2v) is 10.3. The number of hydrogen-bond donors (Lipinski definition) is 4. The summed E-state index contributed by atoms with van der Waals surface area (Å²) in [6, 6.07) is 8.44. The average Bonchev–Trinajstić information content (AvgIpc) is 3.20. The number of nitrogens with one attached hydrogen (secondary N) is 3. The van der Waals surface area contributed by atoms with E-state index in [4.69, 9.17) is 4.74 Å². The number of nitrogens with zero attached hydrogens (tertiary/aromatic N) is 2. The number of aromatic nitrogens is 2. The molecule has 1 amide bonds. The fraction of sp³-hybridized carbons (Fsp3) is 0.273. The van der Waals surface area contributed by atoms with Gasteiger partial charge in [-0.15, -0.1) is 11.3 Å². The van der Waals surface area contributed by atoms with Crippen molar-refractivity contribution >= 4 is 50.5 Å². The highest BCUT2D eigenvalue weighted by Gasteiger charge is 2.15. The second kappa shape index (κ2) is 10.6. The van der Waals surface area contributed by atoms with E-state index < -0.39 is 15.8 Å². The minimum atomic E-state index is -3.04. The number of amides is 1. The molecule has 176 valence electrons. The maximum absolute atomic E-state index is 12.7. The molecule has 2 heterocycles. The number of aliphatic hydroxyl groups is 1. The zero-order chi connectivity index (χ0) is 24.0. The molecule has 0 saturated carbocycles. The van der Waals surface area contributed by atoms with Gasteiger partial charge in [0.1, 0.15) is 5.82 Å². The Morgan fingerprint density at radius 3 is 2.67 bits per heavy atom. The molecule has 0 bridgehead atoms. The number of ether oxygens (including phenoxy) is 1. The summed E-state index contributed by atoms with van der Waals surface area (Å²) in [5.74, 6) is 4.56. The topological polar surface area (TPSA) is 125 Å². The van der Waals surface area contributed by atoms with E-state index in [0.29, 0.717) is 22.3 Å². The number of rotatable bonds is 9. The van der Waals surface area contributed by atoms with Crippen LogP contribution in [-0.4, -0.2) is 50.5 Å². The van der Waals surface area contributed by atoms with Crippen LogP contribution in [0.1, 0.15) is 19.4 Å². The standard InChI is InChI=1S/C22H27N5O4S2/c1-5-31-22(29)27-33(4,30)17-8-6-16(7-9-17)25-21-23-11-18(19-10-14(2)13-32-19)20(26-21)24-15(3)12-28/h6-11,13,15,28H,4-5,12H2,1-3H3,(H,27,29,30)(H2,23,24,25,26)/t15-,33?/m1/s1. The van der Waals surface area contributed by atoms with E-state index in [1.54, 1.807) is 48.7 Å². The Hall–Kier alpha value is -3.15. The Balaban J connectivity index is 1.81. The fourth-order valence-corrected chi connectivity index (χ4v) is 4.76. The van der Waals surface area contributed by atoms with Gasteiger partial charge in [0, 0.05) is 27.7 Å². The molecule has 2 atom stereocenters. The number of hydrogen-bond acceptors (Lipinski definition) is 9. The molecule has 1 unspecified atom stereocenters. The zero-order valence-electron chi connectivity index (χ0n) is 18.6. The SMILES string of the molecule is C=S(=O)(NC(=O)OCC)c1ccc(Nc2ncc(-c3cc(C)cs3)c(N[C@H](C)CO)n2)cc1. The Bertz CT molecular complexity index is 1210. The van der Waals surface area contributed by atoms with Crippen molar-refractivity contribution < 1.29 is 18.8 Å². The zero-order valence-corrected chi connectivity index (χ0v) is 20.3. The number of anilines is 3. The minimum Gasteiger partial charge on any atom is -0.449 e. The van der Waals surface area contributed by atoms with Crippen LogP contribution >= 0.6 is 11.3 Å². The van der Waals surface area contributed by atoms with Gasteiger partial charge in [0.25, 0.3) is 0 Å². The third-order valence-corrected chi connectivity index (χ3v) is 7.07. The second-order valence-electron chi connectivity index (χ2n) is 7.32. The number of thiophene rings is 1. The lowest BCUT2D eigenvalue weighted by Crippen LogP contribution is -2.30. The van der Waals surface area contributed by atoms with Gasteiger partial charge in [0.2, 0.25) is 5.95 Å². The molecule has 0 aliphatic carbocycles. The first-order valence-corrected chi connectivity index (χ1v) is 12.8. The first-order valence-electron chi connectivity index (χ1n) is 10.2. The van der Waals surface area contributed by atoms with Crippen molar-refractivity contribution in [3.8, 4) is 10.4 Å². The number of benzene rings is 1. The highest BCUT2D eigenvalue weighted by molar-refractivity contribution is 7.99. The van der Waals surface area contributed by atoms with Crippen LogP contribution in [0.5, 0.6) is 0 Å². The van der Waals surface area contributed by atoms with Crippen LogP contribution in [0, 0.1) is 6.92 Å². The predicted molar refractivity (Wildman–Crippen MR) is 134 cm³/mol. The summed E-state index contributed by atoms with van der Waals surface area (Å²) < 4.78 is 19.7. The minimum absolute atomic E-state index is 0.0404. The van der Waals surface area contributed by atoms with Gasteiger partial charge >= 0.3 is 6.09 Å². The van der Waals surface area contributed by atoms with Crippen LogP contribution in [0.4, 0.5) is 22.2 Å². The van der Waals surface area contributed by atoms with Gasteiger partial charge in [0.15, 0.2) is 0 Å². The quantitative estimate of drug-likeness (QED) is 0.335. The summed E-state index contributed by atoms with van der Waals surface area (Å²) in [6.07, 6.45) is 0.944. The molecule has 11 heteroatoms. The van der Waals surface area contributed by atoms with E-state index in [-0.39, 0.29) is 19.3 Å². The Morgan fingerprint density at radius 1 is 1.33 bits per heavy atom. The Kier molecular flexibility index (Phi) is 7.90. The van der Waals surface area contributed by atoms with Gasteiger partial charge < -0.3 is 20.5 Å². The molecule has 3 aromatic rings. The van der Waals surface area contributed by atoms with Crippen molar-refractivity contribution in [3.63, 3.8) is 0 Å². The summed E-state index contributed by atoms with van der Waals surface area (Å²) in [5.41, 5.74) is 2.65. The van der Waals surface area contributed by atoms with Crippen LogP contribution in [0.2, 0.25) is 0 Å². The van der Waals surface area contributed by atoms with E-state index in [1.807, 2.05) is 13.8 Å². The van der Waals surface area contributed by atoms with E-state index in [2.05, 4.69) is 42.6 Å². The maximum Gasteiger partial charge on any atom is 0.418 e. The van der Waals surface area contributed by atoms with Gasteiger partial charge in [-0.05, 0) is 67.9 Å². The Labute approximate surface area is 197 Å². The summed E-state index contributed by atoms with van der Waals surface area (Å²) in [7, 11) is -3.04. The first kappa shape index (κ1) is 24.5. The molecule has 2 aromatic heterocycles. The van der Waals surface area contributed by atoms with E-state index in [9.17, 15) is 14.1 Å². The summed E-state index contributed by atoms with van der Waals surface area (Å²) in [5, 5.41) is 17.8. The molecule has 0 saturated heterocycles. The largest absolute Gasteiger partial charge is 0.449 e. The van der Waals surface area contributed by atoms with Crippen LogP contribution < -0.4 is 15.4 Å². The van der Waals surface area contributed by atoms with Gasteiger partial charge in [-0.1, -0.05) is 0 Å². The number of aliphatic hydroxyl groups excluding tert-OH is 1. The molecule has 0 fully saturated rings. The van der Waals surface area contributed by atoms with Crippen molar-refractivity contribution in [1.29, 1.82) is 0 Å². The van der Waals surface area contributed by atoms with Crippen LogP contribution in [0.3, 0.4) is 0 Å². The monoisotopic (exact) mass is 489 g/mol. The summed E-state index contributed by atoms with van der Waals surface area (Å²) in [4.78, 5) is 22.0. The van der Waals surface area contributed by atoms with Crippen LogP contribution in [0.15, 0.2) is 46.8 Å². The van der Waals surface area contributed by atoms with Crippen LogP contribution in [-0.2, 0) is 14.4 Å². The van der Waals surface area contributed by atoms with Crippen LogP contribution in [0.25, 0.3) is 10.4 Å². The molecule has 33 heavy (non-hydrogen) atoms. The molecule has 0 aliphatic rings. The van der Waals surface area contributed by atoms with Crippen molar-refractivity contribution in [1.82, 2.24) is 14.7 Å². The molecule has 0 spiro atoms.